The van der Waals surface area contributed by atoms with Crippen LogP contribution in [-0.4, -0.2) is 19.8 Å². The maximum Gasteiger partial charge on any atom is -0.147 e. The average molecular weight is 434 g/mol. The van der Waals surface area contributed by atoms with Crippen LogP contribution >= 0.6 is 12.4 Å². The van der Waals surface area contributed by atoms with Gasteiger partial charge in [-0.1, -0.05) is 0 Å². The molecule has 17 heavy (non-hydrogen) atoms. The van der Waals surface area contributed by atoms with Gasteiger partial charge in [-0.15, -0.1) is 12.4 Å². The summed E-state index contributed by atoms with van der Waals surface area (Å²) in [7, 11) is 0. The zero-order valence-electron chi connectivity index (χ0n) is 12.0. The van der Waals surface area contributed by atoms with Crippen molar-refractivity contribution in [3.05, 3.63) is 0 Å². The number of rotatable bonds is 9. The summed E-state index contributed by atoms with van der Waals surface area (Å²) in [6.07, 6.45) is 0. The summed E-state index contributed by atoms with van der Waals surface area (Å²) in [5.41, 5.74) is 0. The minimum atomic E-state index is -2.65. The van der Waals surface area contributed by atoms with Gasteiger partial charge in [-0.25, -0.2) is 0 Å². The van der Waals surface area contributed by atoms with Crippen LogP contribution in [-0.2, 0) is 31.3 Å². The van der Waals surface area contributed by atoms with Crippen LogP contribution in [0, 0.1) is 17.8 Å². The van der Waals surface area contributed by atoms with Crippen molar-refractivity contribution in [2.75, 3.05) is 19.8 Å². The van der Waals surface area contributed by atoms with E-state index in [1.807, 2.05) is 0 Å². The number of halogens is 1. The van der Waals surface area contributed by atoms with Gasteiger partial charge >= 0.3 is 110 Å². The van der Waals surface area contributed by atoms with Gasteiger partial charge < -0.3 is 0 Å². The van der Waals surface area contributed by atoms with E-state index in [4.69, 9.17) is 8.56 Å². The zero-order chi connectivity index (χ0) is 12.6. The topological polar surface area (TPSA) is 27.7 Å². The monoisotopic (exact) mass is 435 g/mol. The Balaban J connectivity index is 0. The van der Waals surface area contributed by atoms with Gasteiger partial charge in [-0.3, -0.25) is 0 Å². The third-order valence-electron chi connectivity index (χ3n) is 1.60. The van der Waals surface area contributed by atoms with Crippen molar-refractivity contribution in [3.63, 3.8) is 0 Å². The average Bonchev–Trinajstić information content (AvgIpc) is 2.15. The summed E-state index contributed by atoms with van der Waals surface area (Å²) in [6, 6.07) is 0. The van der Waals surface area contributed by atoms with E-state index in [1.54, 1.807) is 0 Å². The molecule has 0 unspecified atom stereocenters. The fraction of sp³-hybridized carbons (Fsp3) is 1.00. The maximum absolute atomic E-state index is 5.77. The van der Waals surface area contributed by atoms with Crippen molar-refractivity contribution < 1.29 is 31.3 Å². The summed E-state index contributed by atoms with van der Waals surface area (Å²) in [5, 5.41) is 0. The van der Waals surface area contributed by atoms with Crippen LogP contribution in [0.25, 0.3) is 0 Å². The Morgan fingerprint density at radius 2 is 0.882 bits per heavy atom. The molecule has 105 valence electrons. The normalized spacial score (nSPS) is 11.1. The van der Waals surface area contributed by atoms with Gasteiger partial charge in [0, 0.05) is 0 Å². The molecule has 0 aliphatic carbocycles. The third-order valence-corrected chi connectivity index (χ3v) is 5.94. The van der Waals surface area contributed by atoms with Crippen LogP contribution in [0.15, 0.2) is 0 Å². The van der Waals surface area contributed by atoms with E-state index in [1.165, 1.54) is 0 Å². The molecule has 0 N–H and O–H groups in total. The van der Waals surface area contributed by atoms with Crippen LogP contribution in [0.1, 0.15) is 41.5 Å². The predicted octanol–water partition coefficient (Wildman–Crippen LogP) is 3.79. The van der Waals surface area contributed by atoms with E-state index in [9.17, 15) is 0 Å². The molecule has 5 heteroatoms. The Hall–Kier alpha value is 1.04. The van der Waals surface area contributed by atoms with Crippen LogP contribution < -0.4 is 0 Å². The molecule has 0 aromatic rings. The standard InChI is InChI=1S/3C4H9O.ClH.Hf/c3*1-4(2)3-5;;/h3*4H,3H2,1-2H3;1H;/q3*-1;;+3. The molecular weight excluding hydrogens is 406 g/mol. The van der Waals surface area contributed by atoms with Gasteiger partial charge in [0.1, 0.15) is 0 Å². The van der Waals surface area contributed by atoms with E-state index in [0.717, 1.165) is 19.8 Å². The second kappa shape index (κ2) is 12.1. The van der Waals surface area contributed by atoms with Gasteiger partial charge in [0.15, 0.2) is 0 Å². The van der Waals surface area contributed by atoms with E-state index in [2.05, 4.69) is 41.5 Å². The molecule has 0 aromatic carbocycles. The molecule has 0 fully saturated rings. The molecule has 3 nitrogen and oxygen atoms in total. The van der Waals surface area contributed by atoms with Crippen LogP contribution in [0.3, 0.4) is 0 Å². The maximum atomic E-state index is 5.77. The molecule has 0 spiro atoms. The first-order valence-electron chi connectivity index (χ1n) is 6.17. The molecule has 0 saturated carbocycles. The van der Waals surface area contributed by atoms with Gasteiger partial charge in [0.25, 0.3) is 0 Å². The summed E-state index contributed by atoms with van der Waals surface area (Å²) in [5.74, 6) is 1.64. The molecule has 0 heterocycles. The Morgan fingerprint density at radius 1 is 0.647 bits per heavy atom. The smallest absolute Gasteiger partial charge is 0.147 e. The molecule has 0 saturated heterocycles. The fourth-order valence-electron chi connectivity index (χ4n) is 0.829. The molecule has 0 aromatic heterocycles. The first-order valence-corrected chi connectivity index (χ1v) is 10.6. The summed E-state index contributed by atoms with van der Waals surface area (Å²) in [6.45, 7) is 15.2. The SMILES string of the molecule is CC(C)C[O][Hf]([O]CC(C)C)[O]CC(C)C.Cl. The second-order valence-corrected chi connectivity index (χ2v) is 10.3. The van der Waals surface area contributed by atoms with Crippen molar-refractivity contribution in [1.82, 2.24) is 0 Å². The van der Waals surface area contributed by atoms with Crippen molar-refractivity contribution in [3.8, 4) is 0 Å². The van der Waals surface area contributed by atoms with Gasteiger partial charge in [0.2, 0.25) is 0 Å². The molecule has 0 amide bonds. The molecule has 0 aliphatic rings. The van der Waals surface area contributed by atoms with Crippen molar-refractivity contribution >= 4 is 12.4 Å². The first-order chi connectivity index (χ1) is 7.41. The van der Waals surface area contributed by atoms with Crippen LogP contribution in [0.5, 0.6) is 0 Å². The molecular formula is C12H28ClHfO3. The van der Waals surface area contributed by atoms with E-state index in [0.29, 0.717) is 17.8 Å². The van der Waals surface area contributed by atoms with Crippen molar-refractivity contribution in [1.29, 1.82) is 0 Å². The third kappa shape index (κ3) is 15.0. The number of hydrogen-bond acceptors (Lipinski definition) is 3. The predicted molar refractivity (Wildman–Crippen MR) is 69.6 cm³/mol. The van der Waals surface area contributed by atoms with Crippen molar-refractivity contribution in [2.45, 2.75) is 41.5 Å². The minimum absolute atomic E-state index is 0. The molecule has 0 radical (unpaired) electrons. The molecule has 0 aliphatic heterocycles. The first kappa shape index (κ1) is 20.4. The number of hydrogen-bond donors (Lipinski definition) is 0. The Kier molecular flexibility index (Phi) is 14.5. The Bertz CT molecular complexity index is 137. The molecule has 0 atom stereocenters. The molecule has 0 rings (SSSR count). The van der Waals surface area contributed by atoms with Gasteiger partial charge in [-0.2, -0.15) is 0 Å². The summed E-state index contributed by atoms with van der Waals surface area (Å²) >= 11 is -2.65. The van der Waals surface area contributed by atoms with E-state index >= 15 is 0 Å². The fourth-order valence-corrected chi connectivity index (χ4v) is 6.79. The van der Waals surface area contributed by atoms with E-state index < -0.39 is 22.7 Å². The minimum Gasteiger partial charge on any atom is -0.147 e. The van der Waals surface area contributed by atoms with Gasteiger partial charge in [0.05, 0.1) is 0 Å². The Labute approximate surface area is 122 Å². The summed E-state index contributed by atoms with van der Waals surface area (Å²) in [4.78, 5) is 0. The largest absolute Gasteiger partial charge is 0.147 e. The van der Waals surface area contributed by atoms with Crippen molar-refractivity contribution in [2.24, 2.45) is 17.8 Å². The zero-order valence-corrected chi connectivity index (χ0v) is 16.4. The van der Waals surface area contributed by atoms with Gasteiger partial charge in [-0.05, 0) is 0 Å². The van der Waals surface area contributed by atoms with Crippen LogP contribution in [0.4, 0.5) is 0 Å². The van der Waals surface area contributed by atoms with Crippen LogP contribution in [0.2, 0.25) is 0 Å². The summed E-state index contributed by atoms with van der Waals surface area (Å²) < 4.78 is 17.3. The molecule has 0 bridgehead atoms. The Morgan fingerprint density at radius 3 is 1.06 bits per heavy atom. The second-order valence-electron chi connectivity index (χ2n) is 5.36. The van der Waals surface area contributed by atoms with E-state index in [-0.39, 0.29) is 12.4 Å². The quantitative estimate of drug-likeness (QED) is 0.517.